The van der Waals surface area contributed by atoms with Gasteiger partial charge in [0, 0.05) is 24.9 Å². The number of hydrogen-bond acceptors (Lipinski definition) is 5. The molecule has 0 radical (unpaired) electrons. The van der Waals surface area contributed by atoms with Crippen LogP contribution in [0.15, 0.2) is 47.8 Å². The summed E-state index contributed by atoms with van der Waals surface area (Å²) in [5, 5.41) is 5.24. The van der Waals surface area contributed by atoms with Gasteiger partial charge in [0.1, 0.15) is 28.9 Å². The van der Waals surface area contributed by atoms with Crippen LogP contribution in [0.2, 0.25) is 0 Å². The van der Waals surface area contributed by atoms with Crippen LogP contribution < -0.4 is 10.1 Å². The third kappa shape index (κ3) is 5.22. The van der Waals surface area contributed by atoms with E-state index in [1.165, 1.54) is 23.5 Å². The van der Waals surface area contributed by atoms with Crippen LogP contribution in [0.1, 0.15) is 59.0 Å². The van der Waals surface area contributed by atoms with Gasteiger partial charge in [-0.05, 0) is 61.2 Å². The van der Waals surface area contributed by atoms with Crippen molar-refractivity contribution in [1.29, 1.82) is 0 Å². The number of benzene rings is 2. The first-order valence-corrected chi connectivity index (χ1v) is 11.7. The number of halogens is 1. The monoisotopic (exact) mass is 467 g/mol. The van der Waals surface area contributed by atoms with Crippen LogP contribution in [0.4, 0.5) is 4.39 Å². The molecule has 1 aromatic heterocycles. The number of hydrogen-bond donors (Lipinski definition) is 1. The maximum atomic E-state index is 13.5. The minimum absolute atomic E-state index is 0.0312. The summed E-state index contributed by atoms with van der Waals surface area (Å²) in [6.45, 7) is 6.19. The van der Waals surface area contributed by atoms with Crippen molar-refractivity contribution in [1.82, 2.24) is 15.2 Å². The SMILES string of the molecule is CC(=O)N1CCc2ccc(OCc3nc(C(=O)NC(C)C)cs3)cc2C1c1ccc(F)cc1. The fraction of sp³-hybridized carbons (Fsp3) is 0.320. The summed E-state index contributed by atoms with van der Waals surface area (Å²) >= 11 is 1.37. The molecule has 1 N–H and O–H groups in total. The number of nitrogens with one attached hydrogen (secondary N) is 1. The van der Waals surface area contributed by atoms with Gasteiger partial charge in [-0.2, -0.15) is 0 Å². The first-order chi connectivity index (χ1) is 15.8. The van der Waals surface area contributed by atoms with Crippen molar-refractivity contribution < 1.29 is 18.7 Å². The van der Waals surface area contributed by atoms with Gasteiger partial charge in [0.05, 0.1) is 6.04 Å². The molecule has 6 nitrogen and oxygen atoms in total. The van der Waals surface area contributed by atoms with E-state index in [0.29, 0.717) is 23.0 Å². The Morgan fingerprint density at radius 1 is 1.24 bits per heavy atom. The summed E-state index contributed by atoms with van der Waals surface area (Å²) in [6, 6.07) is 11.9. The smallest absolute Gasteiger partial charge is 0.270 e. The topological polar surface area (TPSA) is 71.5 Å². The molecule has 1 atom stereocenters. The van der Waals surface area contributed by atoms with Gasteiger partial charge in [-0.3, -0.25) is 9.59 Å². The van der Waals surface area contributed by atoms with E-state index < -0.39 is 0 Å². The third-order valence-electron chi connectivity index (χ3n) is 5.50. The van der Waals surface area contributed by atoms with Gasteiger partial charge < -0.3 is 15.0 Å². The van der Waals surface area contributed by atoms with Crippen molar-refractivity contribution in [2.45, 2.75) is 45.9 Å². The normalized spacial score (nSPS) is 15.3. The number of carbonyl (C=O) groups is 2. The van der Waals surface area contributed by atoms with E-state index in [1.54, 1.807) is 29.3 Å². The molecule has 2 aromatic carbocycles. The molecule has 0 fully saturated rings. The lowest BCUT2D eigenvalue weighted by Crippen LogP contribution is -2.39. The van der Waals surface area contributed by atoms with Crippen LogP contribution in [-0.4, -0.2) is 34.3 Å². The number of fused-ring (bicyclic) bond motifs is 1. The van der Waals surface area contributed by atoms with Crippen LogP contribution >= 0.6 is 11.3 Å². The van der Waals surface area contributed by atoms with Crippen molar-refractivity contribution in [3.8, 4) is 5.75 Å². The first kappa shape index (κ1) is 22.9. The van der Waals surface area contributed by atoms with Gasteiger partial charge in [0.15, 0.2) is 0 Å². The second kappa shape index (κ2) is 9.70. The highest BCUT2D eigenvalue weighted by molar-refractivity contribution is 7.09. The third-order valence-corrected chi connectivity index (χ3v) is 6.32. The van der Waals surface area contributed by atoms with Gasteiger partial charge in [-0.1, -0.05) is 18.2 Å². The summed E-state index contributed by atoms with van der Waals surface area (Å²) in [6.07, 6.45) is 0.744. The summed E-state index contributed by atoms with van der Waals surface area (Å²) in [5.74, 6) is 0.102. The first-order valence-electron chi connectivity index (χ1n) is 10.9. The standard InChI is InChI=1S/C25H26FN3O3S/c1-15(2)27-25(31)22-14-33-23(28-22)13-32-20-9-6-17-10-11-29(16(3)30)24(21(17)12-20)18-4-7-19(26)8-5-18/h4-9,12,14-15,24H,10-11,13H2,1-3H3,(H,27,31). The zero-order valence-electron chi connectivity index (χ0n) is 18.8. The van der Waals surface area contributed by atoms with E-state index >= 15 is 0 Å². The van der Waals surface area contributed by atoms with Crippen LogP contribution in [0.3, 0.4) is 0 Å². The zero-order chi connectivity index (χ0) is 23.5. The average molecular weight is 468 g/mol. The van der Waals surface area contributed by atoms with Crippen molar-refractivity contribution in [2.75, 3.05) is 6.54 Å². The van der Waals surface area contributed by atoms with E-state index in [2.05, 4.69) is 10.3 Å². The number of aromatic nitrogens is 1. The van der Waals surface area contributed by atoms with Gasteiger partial charge in [-0.15, -0.1) is 11.3 Å². The lowest BCUT2D eigenvalue weighted by Gasteiger charge is -2.37. The van der Waals surface area contributed by atoms with Gasteiger partial charge in [-0.25, -0.2) is 9.37 Å². The molecule has 0 saturated heterocycles. The molecular formula is C25H26FN3O3S. The largest absolute Gasteiger partial charge is 0.486 e. The fourth-order valence-corrected chi connectivity index (χ4v) is 4.67. The summed E-state index contributed by atoms with van der Waals surface area (Å²) in [7, 11) is 0. The number of nitrogens with zero attached hydrogens (tertiary/aromatic N) is 2. The molecule has 2 heterocycles. The molecule has 2 amide bonds. The molecule has 1 aliphatic heterocycles. The predicted octanol–water partition coefficient (Wildman–Crippen LogP) is 4.49. The van der Waals surface area contributed by atoms with Crippen molar-refractivity contribution in [3.63, 3.8) is 0 Å². The lowest BCUT2D eigenvalue weighted by molar-refractivity contribution is -0.130. The number of amides is 2. The van der Waals surface area contributed by atoms with E-state index in [-0.39, 0.29) is 36.3 Å². The van der Waals surface area contributed by atoms with Crippen molar-refractivity contribution in [3.05, 3.63) is 81.1 Å². The molecule has 1 aliphatic rings. The Balaban J connectivity index is 1.56. The molecule has 0 aliphatic carbocycles. The summed E-state index contributed by atoms with van der Waals surface area (Å²) in [5.41, 5.74) is 3.34. The molecule has 3 aromatic rings. The molecule has 8 heteroatoms. The minimum atomic E-state index is -0.314. The minimum Gasteiger partial charge on any atom is -0.486 e. The summed E-state index contributed by atoms with van der Waals surface area (Å²) < 4.78 is 19.5. The highest BCUT2D eigenvalue weighted by atomic mass is 32.1. The van der Waals surface area contributed by atoms with Crippen LogP contribution in [-0.2, 0) is 17.8 Å². The Hall–Kier alpha value is -3.26. The highest BCUT2D eigenvalue weighted by Gasteiger charge is 2.31. The Kier molecular flexibility index (Phi) is 6.74. The number of carbonyl (C=O) groups excluding carboxylic acids is 2. The molecule has 33 heavy (non-hydrogen) atoms. The second-order valence-corrected chi connectivity index (χ2v) is 9.26. The number of rotatable bonds is 6. The van der Waals surface area contributed by atoms with Gasteiger partial charge >= 0.3 is 0 Å². The molecular weight excluding hydrogens is 441 g/mol. The molecule has 0 spiro atoms. The second-order valence-electron chi connectivity index (χ2n) is 8.32. The lowest BCUT2D eigenvalue weighted by atomic mass is 9.88. The van der Waals surface area contributed by atoms with Crippen LogP contribution in [0.25, 0.3) is 0 Å². The predicted molar refractivity (Wildman–Crippen MR) is 125 cm³/mol. The Bertz CT molecular complexity index is 1160. The van der Waals surface area contributed by atoms with Crippen LogP contribution in [0.5, 0.6) is 5.75 Å². The van der Waals surface area contributed by atoms with E-state index in [9.17, 15) is 14.0 Å². The highest BCUT2D eigenvalue weighted by Crippen LogP contribution is 2.37. The van der Waals surface area contributed by atoms with E-state index in [1.807, 2.05) is 32.0 Å². The summed E-state index contributed by atoms with van der Waals surface area (Å²) in [4.78, 5) is 30.6. The van der Waals surface area contributed by atoms with Crippen molar-refractivity contribution >= 4 is 23.2 Å². The maximum absolute atomic E-state index is 13.5. The Morgan fingerprint density at radius 3 is 2.70 bits per heavy atom. The zero-order valence-corrected chi connectivity index (χ0v) is 19.6. The molecule has 172 valence electrons. The van der Waals surface area contributed by atoms with Crippen LogP contribution in [0, 0.1) is 5.82 Å². The molecule has 0 bridgehead atoms. The Morgan fingerprint density at radius 2 is 2.00 bits per heavy atom. The molecule has 0 saturated carbocycles. The Labute approximate surface area is 196 Å². The number of thiazole rings is 1. The maximum Gasteiger partial charge on any atom is 0.270 e. The quantitative estimate of drug-likeness (QED) is 0.580. The van der Waals surface area contributed by atoms with E-state index in [0.717, 1.165) is 23.1 Å². The van der Waals surface area contributed by atoms with Gasteiger partial charge in [0.2, 0.25) is 5.91 Å². The molecule has 1 unspecified atom stereocenters. The molecule has 4 rings (SSSR count). The van der Waals surface area contributed by atoms with Crippen molar-refractivity contribution in [2.24, 2.45) is 0 Å². The average Bonchev–Trinajstić information content (AvgIpc) is 3.26. The number of ether oxygens (including phenoxy) is 1. The fourth-order valence-electron chi connectivity index (χ4n) is 3.99. The van der Waals surface area contributed by atoms with E-state index in [4.69, 9.17) is 4.74 Å². The van der Waals surface area contributed by atoms with Gasteiger partial charge in [0.25, 0.3) is 5.91 Å².